The standard InChI is InChI=1S/C17H22N2O2/c1-2-14(10-12-8-9-12)19-11-15(20)18-16(17(19)21)13-6-4-3-5-7-13/h3-7,12,14,16H,2,8-11H2,1H3,(H,18,20). The number of benzene rings is 1. The molecule has 1 aromatic rings. The van der Waals surface area contributed by atoms with E-state index < -0.39 is 6.04 Å². The summed E-state index contributed by atoms with van der Waals surface area (Å²) in [5.41, 5.74) is 0.863. The fourth-order valence-corrected chi connectivity index (χ4v) is 3.10. The normalized spacial score (nSPS) is 23.9. The Labute approximate surface area is 125 Å². The van der Waals surface area contributed by atoms with Gasteiger partial charge in [0.15, 0.2) is 0 Å². The summed E-state index contributed by atoms with van der Waals surface area (Å²) in [7, 11) is 0. The molecule has 1 aromatic carbocycles. The van der Waals surface area contributed by atoms with E-state index in [9.17, 15) is 9.59 Å². The van der Waals surface area contributed by atoms with Gasteiger partial charge in [-0.3, -0.25) is 9.59 Å². The summed E-state index contributed by atoms with van der Waals surface area (Å²) < 4.78 is 0. The third kappa shape index (κ3) is 3.09. The summed E-state index contributed by atoms with van der Waals surface area (Å²) in [5, 5.41) is 2.83. The van der Waals surface area contributed by atoms with Crippen LogP contribution in [-0.4, -0.2) is 29.3 Å². The summed E-state index contributed by atoms with van der Waals surface area (Å²) >= 11 is 0. The molecule has 1 saturated heterocycles. The van der Waals surface area contributed by atoms with Gasteiger partial charge in [0.25, 0.3) is 5.91 Å². The van der Waals surface area contributed by atoms with Crippen LogP contribution in [0.3, 0.4) is 0 Å². The van der Waals surface area contributed by atoms with Gasteiger partial charge in [0.2, 0.25) is 5.91 Å². The second kappa shape index (κ2) is 5.88. The molecule has 0 aromatic heterocycles. The quantitative estimate of drug-likeness (QED) is 0.902. The number of carbonyl (C=O) groups excluding carboxylic acids is 2. The smallest absolute Gasteiger partial charge is 0.250 e. The maximum absolute atomic E-state index is 12.8. The van der Waals surface area contributed by atoms with Crippen molar-refractivity contribution in [2.45, 2.75) is 44.7 Å². The lowest BCUT2D eigenvalue weighted by Crippen LogP contribution is -2.56. The van der Waals surface area contributed by atoms with E-state index in [0.29, 0.717) is 0 Å². The number of carbonyl (C=O) groups is 2. The molecule has 2 fully saturated rings. The molecule has 1 N–H and O–H groups in total. The van der Waals surface area contributed by atoms with E-state index in [1.54, 1.807) is 4.90 Å². The molecule has 1 saturated carbocycles. The highest BCUT2D eigenvalue weighted by Crippen LogP contribution is 2.36. The molecule has 1 aliphatic carbocycles. The van der Waals surface area contributed by atoms with Crippen molar-refractivity contribution in [1.29, 1.82) is 0 Å². The third-order valence-electron chi connectivity index (χ3n) is 4.50. The van der Waals surface area contributed by atoms with Gasteiger partial charge >= 0.3 is 0 Å². The highest BCUT2D eigenvalue weighted by molar-refractivity contribution is 5.95. The first-order valence-electron chi connectivity index (χ1n) is 7.83. The minimum Gasteiger partial charge on any atom is -0.339 e. The van der Waals surface area contributed by atoms with E-state index in [1.807, 2.05) is 30.3 Å². The molecule has 1 aliphatic heterocycles. The molecule has 4 nitrogen and oxygen atoms in total. The second-order valence-electron chi connectivity index (χ2n) is 6.12. The molecule has 3 rings (SSSR count). The van der Waals surface area contributed by atoms with Crippen LogP contribution in [-0.2, 0) is 9.59 Å². The van der Waals surface area contributed by atoms with Crippen molar-refractivity contribution < 1.29 is 9.59 Å². The van der Waals surface area contributed by atoms with E-state index in [-0.39, 0.29) is 24.4 Å². The van der Waals surface area contributed by atoms with Gasteiger partial charge in [-0.1, -0.05) is 50.1 Å². The molecule has 0 spiro atoms. The molecule has 2 unspecified atom stereocenters. The van der Waals surface area contributed by atoms with Crippen LogP contribution in [0, 0.1) is 5.92 Å². The van der Waals surface area contributed by atoms with Crippen LogP contribution < -0.4 is 5.32 Å². The van der Waals surface area contributed by atoms with E-state index in [4.69, 9.17) is 0 Å². The molecule has 4 heteroatoms. The number of piperazine rings is 1. The van der Waals surface area contributed by atoms with Crippen LogP contribution in [0.1, 0.15) is 44.2 Å². The van der Waals surface area contributed by atoms with Gasteiger partial charge in [-0.25, -0.2) is 0 Å². The molecule has 2 atom stereocenters. The zero-order chi connectivity index (χ0) is 14.8. The highest BCUT2D eigenvalue weighted by Gasteiger charge is 2.38. The minimum atomic E-state index is -0.527. The van der Waals surface area contributed by atoms with Crippen LogP contribution >= 0.6 is 0 Å². The molecule has 2 amide bonds. The monoisotopic (exact) mass is 286 g/mol. The predicted octanol–water partition coefficient (Wildman–Crippen LogP) is 2.26. The lowest BCUT2D eigenvalue weighted by molar-refractivity contribution is -0.147. The fourth-order valence-electron chi connectivity index (χ4n) is 3.10. The van der Waals surface area contributed by atoms with Gasteiger partial charge in [-0.2, -0.15) is 0 Å². The van der Waals surface area contributed by atoms with E-state index in [2.05, 4.69) is 12.2 Å². The van der Waals surface area contributed by atoms with Crippen molar-refractivity contribution in [1.82, 2.24) is 10.2 Å². The van der Waals surface area contributed by atoms with Crippen LogP contribution in [0.4, 0.5) is 0 Å². The molecule has 0 radical (unpaired) electrons. The van der Waals surface area contributed by atoms with Gasteiger partial charge in [-0.15, -0.1) is 0 Å². The van der Waals surface area contributed by atoms with Crippen molar-refractivity contribution in [3.8, 4) is 0 Å². The lowest BCUT2D eigenvalue weighted by atomic mass is 9.99. The number of nitrogens with zero attached hydrogens (tertiary/aromatic N) is 1. The Morgan fingerprint density at radius 3 is 2.57 bits per heavy atom. The molecular weight excluding hydrogens is 264 g/mol. The minimum absolute atomic E-state index is 0.0355. The molecule has 0 bridgehead atoms. The summed E-state index contributed by atoms with van der Waals surface area (Å²) in [6.07, 6.45) is 4.49. The SMILES string of the molecule is CCC(CC1CC1)N1CC(=O)NC(c2ccccc2)C1=O. The third-order valence-corrected chi connectivity index (χ3v) is 4.50. The van der Waals surface area contributed by atoms with Crippen molar-refractivity contribution in [2.24, 2.45) is 5.92 Å². The second-order valence-corrected chi connectivity index (χ2v) is 6.12. The van der Waals surface area contributed by atoms with Crippen molar-refractivity contribution in [2.75, 3.05) is 6.54 Å². The first-order chi connectivity index (χ1) is 10.2. The number of rotatable bonds is 5. The maximum atomic E-state index is 12.8. The van der Waals surface area contributed by atoms with Crippen molar-refractivity contribution in [3.05, 3.63) is 35.9 Å². The van der Waals surface area contributed by atoms with Crippen LogP contribution in [0.15, 0.2) is 30.3 Å². The number of amides is 2. The van der Waals surface area contributed by atoms with E-state index >= 15 is 0 Å². The van der Waals surface area contributed by atoms with E-state index in [1.165, 1.54) is 12.8 Å². The molecule has 112 valence electrons. The summed E-state index contributed by atoms with van der Waals surface area (Å²) in [6, 6.07) is 9.17. The topological polar surface area (TPSA) is 49.4 Å². The largest absolute Gasteiger partial charge is 0.339 e. The number of nitrogens with one attached hydrogen (secondary N) is 1. The predicted molar refractivity (Wildman–Crippen MR) is 80.5 cm³/mol. The zero-order valence-corrected chi connectivity index (χ0v) is 12.4. The number of hydrogen-bond donors (Lipinski definition) is 1. The van der Waals surface area contributed by atoms with Crippen molar-refractivity contribution in [3.63, 3.8) is 0 Å². The first kappa shape index (κ1) is 14.1. The highest BCUT2D eigenvalue weighted by atomic mass is 16.2. The van der Waals surface area contributed by atoms with Gasteiger partial charge in [0.1, 0.15) is 6.04 Å². The van der Waals surface area contributed by atoms with Gasteiger partial charge in [-0.05, 0) is 24.3 Å². The Balaban J connectivity index is 1.80. The molecule has 1 heterocycles. The van der Waals surface area contributed by atoms with Gasteiger partial charge in [0.05, 0.1) is 6.54 Å². The molecular formula is C17H22N2O2. The Morgan fingerprint density at radius 1 is 1.24 bits per heavy atom. The maximum Gasteiger partial charge on any atom is 0.250 e. The Kier molecular flexibility index (Phi) is 3.95. The Bertz CT molecular complexity index is 525. The summed E-state index contributed by atoms with van der Waals surface area (Å²) in [6.45, 7) is 2.30. The number of hydrogen-bond acceptors (Lipinski definition) is 2. The average Bonchev–Trinajstić information content (AvgIpc) is 3.32. The first-order valence-corrected chi connectivity index (χ1v) is 7.83. The van der Waals surface area contributed by atoms with Crippen LogP contribution in [0.25, 0.3) is 0 Å². The molecule has 2 aliphatic rings. The summed E-state index contributed by atoms with van der Waals surface area (Å²) in [4.78, 5) is 26.6. The average molecular weight is 286 g/mol. The van der Waals surface area contributed by atoms with Crippen LogP contribution in [0.5, 0.6) is 0 Å². The fraction of sp³-hybridized carbons (Fsp3) is 0.529. The lowest BCUT2D eigenvalue weighted by Gasteiger charge is -2.38. The Hall–Kier alpha value is -1.84. The van der Waals surface area contributed by atoms with Gasteiger partial charge in [0, 0.05) is 6.04 Å². The zero-order valence-electron chi connectivity index (χ0n) is 12.4. The molecule has 21 heavy (non-hydrogen) atoms. The van der Waals surface area contributed by atoms with Crippen LogP contribution in [0.2, 0.25) is 0 Å². The van der Waals surface area contributed by atoms with Gasteiger partial charge < -0.3 is 10.2 Å². The van der Waals surface area contributed by atoms with E-state index in [0.717, 1.165) is 24.3 Å². The van der Waals surface area contributed by atoms with Crippen molar-refractivity contribution >= 4 is 11.8 Å². The Morgan fingerprint density at radius 2 is 1.95 bits per heavy atom. The summed E-state index contributed by atoms with van der Waals surface area (Å²) in [5.74, 6) is 0.730.